The molecule has 0 bridgehead atoms. The molecule has 0 aliphatic carbocycles. The maximum Gasteiger partial charge on any atom is 0.322 e. The Morgan fingerprint density at radius 2 is 2.03 bits per heavy atom. The number of nitrogens with one attached hydrogen (secondary N) is 2. The van der Waals surface area contributed by atoms with Crippen molar-refractivity contribution in [3.63, 3.8) is 0 Å². The number of carbonyl (C=O) groups excluding carboxylic acids is 3. The number of furan rings is 1. The van der Waals surface area contributed by atoms with Gasteiger partial charge in [0.05, 0.1) is 36.7 Å². The molecule has 8 nitrogen and oxygen atoms in total. The fraction of sp³-hybridized carbons (Fsp3) is 0.240. The summed E-state index contributed by atoms with van der Waals surface area (Å²) < 4.78 is 5.33. The second-order valence-corrected chi connectivity index (χ2v) is 8.87. The van der Waals surface area contributed by atoms with E-state index in [1.165, 1.54) is 11.3 Å². The lowest BCUT2D eigenvalue weighted by molar-refractivity contribution is -0.136. The number of amides is 4. The fourth-order valence-electron chi connectivity index (χ4n) is 4.54. The van der Waals surface area contributed by atoms with E-state index in [1.54, 1.807) is 28.2 Å². The Balaban J connectivity index is 1.50. The molecular weight excluding hydrogens is 452 g/mol. The minimum atomic E-state index is -0.855. The molecule has 0 spiro atoms. The van der Waals surface area contributed by atoms with Gasteiger partial charge in [-0.15, -0.1) is 0 Å². The highest BCUT2D eigenvalue weighted by Crippen LogP contribution is 2.40. The van der Waals surface area contributed by atoms with Gasteiger partial charge >= 0.3 is 6.03 Å². The molecule has 2 aliphatic heterocycles. The Morgan fingerprint density at radius 1 is 1.21 bits per heavy atom. The Hall–Kier alpha value is -3.85. The number of carbonyl (C=O) groups is 3. The Morgan fingerprint density at radius 3 is 2.71 bits per heavy atom. The van der Waals surface area contributed by atoms with Crippen molar-refractivity contribution in [1.82, 2.24) is 20.4 Å². The van der Waals surface area contributed by atoms with Crippen LogP contribution >= 0.6 is 11.3 Å². The first-order valence-electron chi connectivity index (χ1n) is 11.1. The molecule has 2 aliphatic rings. The van der Waals surface area contributed by atoms with Crippen LogP contribution in [0.2, 0.25) is 0 Å². The van der Waals surface area contributed by atoms with Gasteiger partial charge in [0, 0.05) is 6.54 Å². The zero-order chi connectivity index (χ0) is 23.7. The van der Waals surface area contributed by atoms with Crippen LogP contribution in [0.4, 0.5) is 4.79 Å². The van der Waals surface area contributed by atoms with Crippen molar-refractivity contribution in [2.24, 2.45) is 0 Å². The molecule has 2 atom stereocenters. The maximum atomic E-state index is 13.9. The quantitative estimate of drug-likeness (QED) is 0.545. The molecule has 4 heterocycles. The number of thiophene rings is 1. The molecule has 0 saturated heterocycles. The van der Waals surface area contributed by atoms with Crippen LogP contribution in [0.1, 0.15) is 35.9 Å². The van der Waals surface area contributed by atoms with Gasteiger partial charge < -0.3 is 20.0 Å². The lowest BCUT2D eigenvalue weighted by Crippen LogP contribution is -2.47. The van der Waals surface area contributed by atoms with E-state index >= 15 is 0 Å². The van der Waals surface area contributed by atoms with Crippen LogP contribution in [0, 0.1) is 0 Å². The highest BCUT2D eigenvalue weighted by molar-refractivity contribution is 7.08. The average Bonchev–Trinajstić information content (AvgIpc) is 3.61. The number of hydrogen-bond acceptors (Lipinski definition) is 5. The second-order valence-electron chi connectivity index (χ2n) is 8.09. The van der Waals surface area contributed by atoms with Crippen molar-refractivity contribution >= 4 is 29.2 Å². The first kappa shape index (κ1) is 22.0. The minimum absolute atomic E-state index is 0.170. The predicted octanol–water partition coefficient (Wildman–Crippen LogP) is 3.58. The molecular formula is C25H24N4O4S. The summed E-state index contributed by atoms with van der Waals surface area (Å²) in [5.74, 6) is 0.0478. The molecule has 9 heteroatoms. The van der Waals surface area contributed by atoms with E-state index in [0.29, 0.717) is 29.1 Å². The average molecular weight is 477 g/mol. The highest BCUT2D eigenvalue weighted by Gasteiger charge is 2.47. The fourth-order valence-corrected chi connectivity index (χ4v) is 5.22. The molecule has 2 N–H and O–H groups in total. The van der Waals surface area contributed by atoms with Crippen molar-refractivity contribution in [1.29, 1.82) is 0 Å². The largest absolute Gasteiger partial charge is 0.467 e. The van der Waals surface area contributed by atoms with Crippen LogP contribution in [0.15, 0.2) is 81.2 Å². The third-order valence-corrected chi connectivity index (χ3v) is 6.84. The van der Waals surface area contributed by atoms with Crippen LogP contribution in [0.5, 0.6) is 0 Å². The SMILES string of the molecule is CCN1C(=O)N[C@H](c2ccsc2)C2=C1CN([C@@H](C(=O)NCc1ccco1)c1ccccc1)C2=O. The molecule has 3 aromatic rings. The van der Waals surface area contributed by atoms with Gasteiger partial charge in [-0.25, -0.2) is 4.79 Å². The van der Waals surface area contributed by atoms with Gasteiger partial charge in [-0.2, -0.15) is 11.3 Å². The first-order chi connectivity index (χ1) is 16.6. The van der Waals surface area contributed by atoms with E-state index in [0.717, 1.165) is 5.56 Å². The van der Waals surface area contributed by atoms with E-state index in [2.05, 4.69) is 10.6 Å². The molecule has 0 unspecified atom stereocenters. The number of likely N-dealkylation sites (N-methyl/N-ethyl adjacent to an activating group) is 1. The van der Waals surface area contributed by atoms with Gasteiger partial charge in [0.2, 0.25) is 5.91 Å². The topological polar surface area (TPSA) is 94.9 Å². The summed E-state index contributed by atoms with van der Waals surface area (Å²) in [6.07, 6.45) is 1.55. The minimum Gasteiger partial charge on any atom is -0.467 e. The highest BCUT2D eigenvalue weighted by atomic mass is 32.1. The van der Waals surface area contributed by atoms with Crippen molar-refractivity contribution in [3.05, 3.63) is 93.7 Å². The molecule has 0 saturated carbocycles. The van der Waals surface area contributed by atoms with Gasteiger partial charge in [-0.1, -0.05) is 30.3 Å². The predicted molar refractivity (Wildman–Crippen MR) is 126 cm³/mol. The van der Waals surface area contributed by atoms with Gasteiger partial charge in [-0.05, 0) is 47.0 Å². The molecule has 2 aromatic heterocycles. The molecule has 0 radical (unpaired) electrons. The summed E-state index contributed by atoms with van der Waals surface area (Å²) >= 11 is 1.51. The van der Waals surface area contributed by atoms with Gasteiger partial charge in [0.15, 0.2) is 0 Å². The second kappa shape index (κ2) is 9.18. The molecule has 0 fully saturated rings. The van der Waals surface area contributed by atoms with Crippen LogP contribution in [0.25, 0.3) is 0 Å². The van der Waals surface area contributed by atoms with Gasteiger partial charge in [-0.3, -0.25) is 14.5 Å². The van der Waals surface area contributed by atoms with Crippen LogP contribution in [0.3, 0.4) is 0 Å². The summed E-state index contributed by atoms with van der Waals surface area (Å²) in [6, 6.07) is 13.0. The normalized spacial score (nSPS) is 18.7. The summed E-state index contributed by atoms with van der Waals surface area (Å²) in [4.78, 5) is 43.3. The first-order valence-corrected chi connectivity index (χ1v) is 12.0. The van der Waals surface area contributed by atoms with E-state index in [4.69, 9.17) is 4.42 Å². The van der Waals surface area contributed by atoms with Crippen molar-refractivity contribution < 1.29 is 18.8 Å². The number of nitrogens with zero attached hydrogens (tertiary/aromatic N) is 2. The standard InChI is InChI=1S/C25H24N4O4S/c1-2-28-19-14-29(24(31)20(19)21(27-25(28)32)17-10-12-34-15-17)22(16-7-4-3-5-8-16)23(30)26-13-18-9-6-11-33-18/h3-12,15,21-22H,2,13-14H2,1H3,(H,26,30)(H,27,32)/t21-,22-/m1/s1. The van der Waals surface area contributed by atoms with E-state index in [-0.39, 0.29) is 30.9 Å². The number of benzene rings is 1. The summed E-state index contributed by atoms with van der Waals surface area (Å²) in [6.45, 7) is 2.67. The Bertz CT molecular complexity index is 1220. The number of hydrogen-bond donors (Lipinski definition) is 2. The lowest BCUT2D eigenvalue weighted by atomic mass is 9.97. The molecule has 5 rings (SSSR count). The van der Waals surface area contributed by atoms with Crippen molar-refractivity contribution in [3.8, 4) is 0 Å². The van der Waals surface area contributed by atoms with Crippen molar-refractivity contribution in [2.45, 2.75) is 25.6 Å². The lowest BCUT2D eigenvalue weighted by Gasteiger charge is -2.32. The van der Waals surface area contributed by atoms with Gasteiger partial charge in [0.1, 0.15) is 11.8 Å². The smallest absolute Gasteiger partial charge is 0.322 e. The zero-order valence-corrected chi connectivity index (χ0v) is 19.4. The van der Waals surface area contributed by atoms with E-state index < -0.39 is 12.1 Å². The molecule has 1 aromatic carbocycles. The third-order valence-electron chi connectivity index (χ3n) is 6.13. The van der Waals surface area contributed by atoms with Crippen LogP contribution in [-0.2, 0) is 16.1 Å². The van der Waals surface area contributed by atoms with E-state index in [1.807, 2.05) is 54.1 Å². The zero-order valence-electron chi connectivity index (χ0n) is 18.6. The van der Waals surface area contributed by atoms with Crippen LogP contribution in [-0.4, -0.2) is 40.7 Å². The van der Waals surface area contributed by atoms with Crippen molar-refractivity contribution in [2.75, 3.05) is 13.1 Å². The maximum absolute atomic E-state index is 13.9. The molecule has 174 valence electrons. The van der Waals surface area contributed by atoms with Gasteiger partial charge in [0.25, 0.3) is 5.91 Å². The Labute approximate surface area is 200 Å². The third kappa shape index (κ3) is 3.88. The molecule has 4 amide bonds. The summed E-state index contributed by atoms with van der Waals surface area (Å²) in [7, 11) is 0. The Kier molecular flexibility index (Phi) is 5.93. The summed E-state index contributed by atoms with van der Waals surface area (Å²) in [5, 5.41) is 9.71. The molecule has 34 heavy (non-hydrogen) atoms. The number of urea groups is 1. The number of rotatable bonds is 7. The summed E-state index contributed by atoms with van der Waals surface area (Å²) in [5.41, 5.74) is 2.71. The monoisotopic (exact) mass is 476 g/mol. The van der Waals surface area contributed by atoms with Crippen LogP contribution < -0.4 is 10.6 Å². The van der Waals surface area contributed by atoms with E-state index in [9.17, 15) is 14.4 Å².